The monoisotopic (exact) mass is 239 g/mol. The fourth-order valence-corrected chi connectivity index (χ4v) is 2.45. The van der Waals surface area contributed by atoms with Gasteiger partial charge in [0, 0.05) is 5.02 Å². The quantitative estimate of drug-likeness (QED) is 0.801. The lowest BCUT2D eigenvalue weighted by atomic mass is 9.83. The molecule has 0 aliphatic carbocycles. The van der Waals surface area contributed by atoms with Gasteiger partial charge in [-0.2, -0.15) is 0 Å². The van der Waals surface area contributed by atoms with E-state index in [0.29, 0.717) is 5.92 Å². The second-order valence-electron chi connectivity index (χ2n) is 4.40. The summed E-state index contributed by atoms with van der Waals surface area (Å²) in [6.07, 6.45) is 3.50. The van der Waals surface area contributed by atoms with Crippen LogP contribution >= 0.6 is 11.6 Å². The van der Waals surface area contributed by atoms with Gasteiger partial charge in [0.2, 0.25) is 0 Å². The van der Waals surface area contributed by atoms with Gasteiger partial charge in [0.15, 0.2) is 0 Å². The van der Waals surface area contributed by atoms with Crippen molar-refractivity contribution in [3.05, 3.63) is 34.9 Å². The molecule has 1 aromatic rings. The second kappa shape index (κ2) is 6.93. The fraction of sp³-hybridized carbons (Fsp3) is 0.571. The van der Waals surface area contributed by atoms with Crippen LogP contribution in [0, 0.1) is 11.8 Å². The summed E-state index contributed by atoms with van der Waals surface area (Å²) in [5.74, 6) is 1.33. The average Bonchev–Trinajstić information content (AvgIpc) is 2.32. The predicted molar refractivity (Wildman–Crippen MR) is 71.8 cm³/mol. The van der Waals surface area contributed by atoms with Crippen molar-refractivity contribution in [1.29, 1.82) is 0 Å². The van der Waals surface area contributed by atoms with E-state index in [1.165, 1.54) is 18.4 Å². The van der Waals surface area contributed by atoms with Crippen LogP contribution in [0.4, 0.5) is 0 Å². The van der Waals surface area contributed by atoms with Crippen molar-refractivity contribution in [2.75, 3.05) is 6.54 Å². The highest BCUT2D eigenvalue weighted by Crippen LogP contribution is 2.23. The molecular weight excluding hydrogens is 218 g/mol. The van der Waals surface area contributed by atoms with E-state index in [1.807, 2.05) is 12.1 Å². The van der Waals surface area contributed by atoms with Crippen LogP contribution in [-0.4, -0.2) is 6.54 Å². The Hall–Kier alpha value is -0.530. The van der Waals surface area contributed by atoms with Crippen LogP contribution in [0.25, 0.3) is 0 Å². The van der Waals surface area contributed by atoms with Gasteiger partial charge >= 0.3 is 0 Å². The van der Waals surface area contributed by atoms with E-state index in [2.05, 4.69) is 26.0 Å². The molecule has 2 heteroatoms. The molecule has 90 valence electrons. The molecule has 0 aliphatic rings. The highest BCUT2D eigenvalue weighted by atomic mass is 35.5. The fourth-order valence-electron chi connectivity index (χ4n) is 2.32. The maximum atomic E-state index is 5.88. The molecule has 1 rings (SSSR count). The molecule has 0 spiro atoms. The summed E-state index contributed by atoms with van der Waals surface area (Å²) in [4.78, 5) is 0. The Morgan fingerprint density at radius 3 is 2.06 bits per heavy atom. The summed E-state index contributed by atoms with van der Waals surface area (Å²) in [5, 5.41) is 0.801. The summed E-state index contributed by atoms with van der Waals surface area (Å²) >= 11 is 5.87. The summed E-state index contributed by atoms with van der Waals surface area (Å²) in [7, 11) is 0. The van der Waals surface area contributed by atoms with Crippen molar-refractivity contribution in [1.82, 2.24) is 0 Å². The van der Waals surface area contributed by atoms with E-state index in [-0.39, 0.29) is 0 Å². The molecule has 0 bridgehead atoms. The Morgan fingerprint density at radius 1 is 1.06 bits per heavy atom. The lowest BCUT2D eigenvalue weighted by Crippen LogP contribution is -2.24. The number of halogens is 1. The van der Waals surface area contributed by atoms with Crippen molar-refractivity contribution >= 4 is 11.6 Å². The third-order valence-corrected chi connectivity index (χ3v) is 3.68. The molecule has 16 heavy (non-hydrogen) atoms. The van der Waals surface area contributed by atoms with Crippen molar-refractivity contribution in [2.24, 2.45) is 17.6 Å². The minimum atomic E-state index is 0.594. The molecule has 1 unspecified atom stereocenters. The molecule has 1 nitrogen and oxygen atoms in total. The Labute approximate surface area is 104 Å². The van der Waals surface area contributed by atoms with Gasteiger partial charge in [0.05, 0.1) is 0 Å². The Bertz CT molecular complexity index is 290. The van der Waals surface area contributed by atoms with Gasteiger partial charge in [-0.25, -0.2) is 0 Å². The zero-order valence-electron chi connectivity index (χ0n) is 10.2. The van der Waals surface area contributed by atoms with Gasteiger partial charge in [-0.15, -0.1) is 0 Å². The summed E-state index contributed by atoms with van der Waals surface area (Å²) < 4.78 is 0. The van der Waals surface area contributed by atoms with Crippen molar-refractivity contribution in [2.45, 2.75) is 33.1 Å². The molecular formula is C14H22ClN. The first-order valence-corrected chi connectivity index (χ1v) is 6.53. The molecule has 0 saturated carbocycles. The van der Waals surface area contributed by atoms with E-state index in [0.717, 1.165) is 23.9 Å². The molecule has 0 fully saturated rings. The number of hydrogen-bond donors (Lipinski definition) is 1. The van der Waals surface area contributed by atoms with Gasteiger partial charge in [-0.05, 0) is 42.5 Å². The molecule has 0 saturated heterocycles. The van der Waals surface area contributed by atoms with Crippen molar-refractivity contribution < 1.29 is 0 Å². The van der Waals surface area contributed by atoms with Gasteiger partial charge in [0.25, 0.3) is 0 Å². The Kier molecular flexibility index (Phi) is 5.86. The Balaban J connectivity index is 2.65. The molecule has 0 radical (unpaired) electrons. The number of benzene rings is 1. The van der Waals surface area contributed by atoms with E-state index in [4.69, 9.17) is 17.3 Å². The predicted octanol–water partition coefficient (Wildman–Crippen LogP) is 3.89. The lowest BCUT2D eigenvalue weighted by molar-refractivity contribution is 0.318. The second-order valence-corrected chi connectivity index (χ2v) is 4.84. The third kappa shape index (κ3) is 3.80. The number of rotatable bonds is 6. The molecule has 2 N–H and O–H groups in total. The normalized spacial score (nSPS) is 13.1. The Morgan fingerprint density at radius 2 is 1.62 bits per heavy atom. The molecule has 0 amide bonds. The largest absolute Gasteiger partial charge is 0.330 e. The van der Waals surface area contributed by atoms with Crippen LogP contribution in [0.15, 0.2) is 24.3 Å². The first kappa shape index (κ1) is 13.5. The average molecular weight is 240 g/mol. The summed E-state index contributed by atoms with van der Waals surface area (Å²) in [6, 6.07) is 8.12. The number of hydrogen-bond acceptors (Lipinski definition) is 1. The van der Waals surface area contributed by atoms with Gasteiger partial charge in [-0.3, -0.25) is 0 Å². The molecule has 1 atom stereocenters. The minimum Gasteiger partial charge on any atom is -0.330 e. The first-order valence-electron chi connectivity index (χ1n) is 6.15. The lowest BCUT2D eigenvalue weighted by Gasteiger charge is -2.23. The topological polar surface area (TPSA) is 26.0 Å². The molecule has 1 aromatic carbocycles. The summed E-state index contributed by atoms with van der Waals surface area (Å²) in [6.45, 7) is 5.27. The van der Waals surface area contributed by atoms with Crippen molar-refractivity contribution in [3.63, 3.8) is 0 Å². The van der Waals surface area contributed by atoms with Crippen molar-refractivity contribution in [3.8, 4) is 0 Å². The smallest absolute Gasteiger partial charge is 0.0406 e. The van der Waals surface area contributed by atoms with E-state index >= 15 is 0 Å². The van der Waals surface area contributed by atoms with Crippen LogP contribution < -0.4 is 5.73 Å². The first-order chi connectivity index (χ1) is 7.71. The SMILES string of the molecule is CCC(CC)C(CN)Cc1ccc(Cl)cc1. The van der Waals surface area contributed by atoms with Gasteiger partial charge in [0.1, 0.15) is 0 Å². The zero-order valence-corrected chi connectivity index (χ0v) is 11.0. The maximum absolute atomic E-state index is 5.88. The van der Waals surface area contributed by atoms with Crippen LogP contribution in [-0.2, 0) is 6.42 Å². The number of nitrogens with two attached hydrogens (primary N) is 1. The highest BCUT2D eigenvalue weighted by Gasteiger charge is 2.17. The van der Waals surface area contributed by atoms with E-state index in [1.54, 1.807) is 0 Å². The standard InChI is InChI=1S/C14H22ClN/c1-3-12(4-2)13(10-16)9-11-5-7-14(15)8-6-11/h5-8,12-13H,3-4,9-10,16H2,1-2H3. The van der Waals surface area contributed by atoms with Gasteiger partial charge in [-0.1, -0.05) is 50.4 Å². The maximum Gasteiger partial charge on any atom is 0.0406 e. The zero-order chi connectivity index (χ0) is 12.0. The molecule has 0 aromatic heterocycles. The van der Waals surface area contributed by atoms with E-state index in [9.17, 15) is 0 Å². The van der Waals surface area contributed by atoms with Crippen LogP contribution in [0.3, 0.4) is 0 Å². The summed E-state index contributed by atoms with van der Waals surface area (Å²) in [5.41, 5.74) is 7.22. The molecule has 0 aliphatic heterocycles. The third-order valence-electron chi connectivity index (χ3n) is 3.43. The highest BCUT2D eigenvalue weighted by molar-refractivity contribution is 6.30. The van der Waals surface area contributed by atoms with Crippen LogP contribution in [0.2, 0.25) is 5.02 Å². The van der Waals surface area contributed by atoms with Crippen LogP contribution in [0.5, 0.6) is 0 Å². The minimum absolute atomic E-state index is 0.594. The van der Waals surface area contributed by atoms with E-state index < -0.39 is 0 Å². The van der Waals surface area contributed by atoms with Crippen LogP contribution in [0.1, 0.15) is 32.3 Å². The van der Waals surface area contributed by atoms with Gasteiger partial charge < -0.3 is 5.73 Å². The molecule has 0 heterocycles.